The number of aromatic nitrogens is 5. The van der Waals surface area contributed by atoms with Crippen LogP contribution < -0.4 is 0 Å². The number of rotatable bonds is 1. The summed E-state index contributed by atoms with van der Waals surface area (Å²) in [5, 5.41) is 2.94. The van der Waals surface area contributed by atoms with Crippen molar-refractivity contribution in [1.29, 1.82) is 0 Å². The average molecular weight is 193 g/mol. The van der Waals surface area contributed by atoms with E-state index in [2.05, 4.69) is 20.1 Å². The maximum absolute atomic E-state index is 4.94. The van der Waals surface area contributed by atoms with Crippen LogP contribution in [0.5, 0.6) is 0 Å². The highest BCUT2D eigenvalue weighted by molar-refractivity contribution is 7.71. The molecule has 66 valence electrons. The largest absolute Gasteiger partial charge is 0.277 e. The van der Waals surface area contributed by atoms with Crippen molar-refractivity contribution in [2.75, 3.05) is 0 Å². The number of nitrogens with zero attached hydrogens (tertiary/aromatic N) is 4. The minimum absolute atomic E-state index is 0.488. The van der Waals surface area contributed by atoms with Gasteiger partial charge in [0.25, 0.3) is 0 Å². The molecule has 0 unspecified atom stereocenters. The van der Waals surface area contributed by atoms with E-state index in [-0.39, 0.29) is 0 Å². The molecule has 1 N–H and O–H groups in total. The van der Waals surface area contributed by atoms with Crippen molar-refractivity contribution in [1.82, 2.24) is 24.7 Å². The normalized spacial score (nSPS) is 10.2. The molecule has 0 amide bonds. The second-order valence-electron chi connectivity index (χ2n) is 2.49. The summed E-state index contributed by atoms with van der Waals surface area (Å²) in [6, 6.07) is 1.75. The quantitative estimate of drug-likeness (QED) is 0.684. The highest BCUT2D eigenvalue weighted by Crippen LogP contribution is 2.05. The van der Waals surface area contributed by atoms with E-state index in [1.54, 1.807) is 30.2 Å². The molecule has 0 spiro atoms. The Morgan fingerprint density at radius 3 is 2.62 bits per heavy atom. The van der Waals surface area contributed by atoms with Crippen LogP contribution >= 0.6 is 12.2 Å². The SMILES string of the molecule is Cn1[nH]c(-c2ncccn2)nc1=S. The van der Waals surface area contributed by atoms with Crippen LogP contribution in [-0.2, 0) is 7.05 Å². The summed E-state index contributed by atoms with van der Waals surface area (Å²) in [6.07, 6.45) is 3.32. The molecular formula is C7H7N5S. The Labute approximate surface area is 79.5 Å². The number of hydrogen-bond acceptors (Lipinski definition) is 4. The van der Waals surface area contributed by atoms with Gasteiger partial charge >= 0.3 is 0 Å². The van der Waals surface area contributed by atoms with E-state index in [4.69, 9.17) is 12.2 Å². The summed E-state index contributed by atoms with van der Waals surface area (Å²) in [7, 11) is 1.79. The van der Waals surface area contributed by atoms with Gasteiger partial charge in [-0.25, -0.2) is 9.97 Å². The Kier molecular flexibility index (Phi) is 1.90. The van der Waals surface area contributed by atoms with Crippen LogP contribution in [0.2, 0.25) is 0 Å². The van der Waals surface area contributed by atoms with Crippen molar-refractivity contribution in [3.05, 3.63) is 23.2 Å². The topological polar surface area (TPSA) is 59.4 Å². The van der Waals surface area contributed by atoms with Gasteiger partial charge in [0, 0.05) is 19.4 Å². The van der Waals surface area contributed by atoms with Gasteiger partial charge in [-0.3, -0.25) is 9.78 Å². The highest BCUT2D eigenvalue weighted by Gasteiger charge is 2.03. The Hall–Kier alpha value is -1.56. The van der Waals surface area contributed by atoms with Crippen molar-refractivity contribution in [2.45, 2.75) is 0 Å². The third-order valence-corrected chi connectivity index (χ3v) is 1.91. The van der Waals surface area contributed by atoms with Crippen molar-refractivity contribution >= 4 is 12.2 Å². The first-order chi connectivity index (χ1) is 6.27. The summed E-state index contributed by atoms with van der Waals surface area (Å²) >= 11 is 4.94. The maximum Gasteiger partial charge on any atom is 0.216 e. The van der Waals surface area contributed by atoms with E-state index in [0.717, 1.165) is 0 Å². The first-order valence-corrected chi connectivity index (χ1v) is 4.08. The van der Waals surface area contributed by atoms with E-state index in [9.17, 15) is 0 Å². The van der Waals surface area contributed by atoms with Crippen LogP contribution in [0, 0.1) is 4.77 Å². The van der Waals surface area contributed by atoms with E-state index in [1.807, 2.05) is 0 Å². The fraction of sp³-hybridized carbons (Fsp3) is 0.143. The molecule has 2 aromatic heterocycles. The molecule has 0 saturated heterocycles. The first kappa shape index (κ1) is 8.06. The lowest BCUT2D eigenvalue weighted by Gasteiger charge is -1.91. The average Bonchev–Trinajstić information content (AvgIpc) is 2.49. The lowest BCUT2D eigenvalue weighted by atomic mass is 10.5. The van der Waals surface area contributed by atoms with Crippen LogP contribution in [0.3, 0.4) is 0 Å². The van der Waals surface area contributed by atoms with Crippen LogP contribution in [0.25, 0.3) is 11.6 Å². The Balaban J connectivity index is 2.54. The molecule has 13 heavy (non-hydrogen) atoms. The molecule has 0 saturated carbocycles. The van der Waals surface area contributed by atoms with Crippen molar-refractivity contribution in [3.63, 3.8) is 0 Å². The number of aryl methyl sites for hydroxylation is 1. The summed E-state index contributed by atoms with van der Waals surface area (Å²) in [6.45, 7) is 0. The lowest BCUT2D eigenvalue weighted by Crippen LogP contribution is -1.92. The smallest absolute Gasteiger partial charge is 0.216 e. The predicted molar refractivity (Wildman–Crippen MR) is 49.4 cm³/mol. The molecule has 2 heterocycles. The Bertz CT molecular complexity index is 457. The van der Waals surface area contributed by atoms with Crippen LogP contribution in [-0.4, -0.2) is 24.7 Å². The molecule has 0 radical (unpaired) electrons. The molecular weight excluding hydrogens is 186 g/mol. The fourth-order valence-corrected chi connectivity index (χ4v) is 1.06. The summed E-state index contributed by atoms with van der Waals surface area (Å²) < 4.78 is 2.13. The van der Waals surface area contributed by atoms with Gasteiger partial charge < -0.3 is 0 Å². The molecule has 0 aliphatic carbocycles. The van der Waals surface area contributed by atoms with Gasteiger partial charge in [-0.2, -0.15) is 4.98 Å². The number of aromatic amines is 1. The highest BCUT2D eigenvalue weighted by atomic mass is 32.1. The van der Waals surface area contributed by atoms with E-state index in [1.165, 1.54) is 0 Å². The second-order valence-corrected chi connectivity index (χ2v) is 2.85. The van der Waals surface area contributed by atoms with E-state index < -0.39 is 0 Å². The van der Waals surface area contributed by atoms with Crippen LogP contribution in [0.15, 0.2) is 18.5 Å². The predicted octanol–water partition coefficient (Wildman–Crippen LogP) is 0.935. The summed E-state index contributed by atoms with van der Waals surface area (Å²) in [5.41, 5.74) is 0. The molecule has 5 nitrogen and oxygen atoms in total. The van der Waals surface area contributed by atoms with Gasteiger partial charge in [-0.1, -0.05) is 0 Å². The third-order valence-electron chi connectivity index (χ3n) is 1.55. The molecule has 6 heteroatoms. The number of hydrogen-bond donors (Lipinski definition) is 1. The van der Waals surface area contributed by atoms with Crippen LogP contribution in [0.4, 0.5) is 0 Å². The number of H-pyrrole nitrogens is 1. The van der Waals surface area contributed by atoms with Gasteiger partial charge in [0.05, 0.1) is 0 Å². The second kappa shape index (κ2) is 3.06. The maximum atomic E-state index is 4.94. The molecule has 0 aromatic carbocycles. The minimum Gasteiger partial charge on any atom is -0.277 e. The van der Waals surface area contributed by atoms with E-state index >= 15 is 0 Å². The standard InChI is InChI=1S/C7H7N5S/c1-12-7(13)10-6(11-12)5-8-3-2-4-9-5/h2-4H,1H3,(H,10,11,13). The van der Waals surface area contributed by atoms with Crippen molar-refractivity contribution < 1.29 is 0 Å². The zero-order valence-corrected chi connectivity index (χ0v) is 7.75. The summed E-state index contributed by atoms with van der Waals surface area (Å²) in [5.74, 6) is 1.14. The number of nitrogens with one attached hydrogen (secondary N) is 1. The molecule has 0 aliphatic heterocycles. The van der Waals surface area contributed by atoms with Gasteiger partial charge in [-0.15, -0.1) is 0 Å². The fourth-order valence-electron chi connectivity index (χ4n) is 0.924. The first-order valence-electron chi connectivity index (χ1n) is 3.68. The van der Waals surface area contributed by atoms with Crippen LogP contribution in [0.1, 0.15) is 0 Å². The minimum atomic E-state index is 0.488. The molecule has 2 aromatic rings. The third kappa shape index (κ3) is 1.48. The molecule has 0 aliphatic rings. The summed E-state index contributed by atoms with van der Waals surface area (Å²) in [4.78, 5) is 12.2. The van der Waals surface area contributed by atoms with Gasteiger partial charge in [0.15, 0.2) is 11.6 Å². The molecule has 0 fully saturated rings. The van der Waals surface area contributed by atoms with Gasteiger partial charge in [-0.05, 0) is 18.3 Å². The molecule has 2 rings (SSSR count). The van der Waals surface area contributed by atoms with Gasteiger partial charge in [0.2, 0.25) is 4.77 Å². The Morgan fingerprint density at radius 2 is 2.08 bits per heavy atom. The zero-order chi connectivity index (χ0) is 9.26. The van der Waals surface area contributed by atoms with Crippen molar-refractivity contribution in [3.8, 4) is 11.6 Å². The Morgan fingerprint density at radius 1 is 1.38 bits per heavy atom. The molecule has 0 bridgehead atoms. The zero-order valence-electron chi connectivity index (χ0n) is 6.93. The lowest BCUT2D eigenvalue weighted by molar-refractivity contribution is 0.754. The van der Waals surface area contributed by atoms with Gasteiger partial charge in [0.1, 0.15) is 0 Å². The molecule has 0 atom stereocenters. The van der Waals surface area contributed by atoms with E-state index in [0.29, 0.717) is 16.4 Å². The van der Waals surface area contributed by atoms with Crippen molar-refractivity contribution in [2.24, 2.45) is 7.05 Å². The monoisotopic (exact) mass is 193 g/mol.